The Balaban J connectivity index is 3.25. The number of hydrogen-bond acceptors (Lipinski definition) is 2. The van der Waals surface area contributed by atoms with Crippen molar-refractivity contribution in [2.24, 2.45) is 0 Å². The van der Waals surface area contributed by atoms with Gasteiger partial charge in [0.05, 0.1) is 0 Å². The molecule has 0 aliphatic heterocycles. The molecule has 0 aromatic rings. The minimum atomic E-state index is -0.337. The standard InChI is InChI=1S/C15H32N2O2/c1-4-5-6-7-8-9-10-11-12-13-14-16(2)15(18)17(3)19/h19H,4-14H2,1-3H3. The molecule has 0 fully saturated rings. The molecule has 1 N–H and O–H groups in total. The Morgan fingerprint density at radius 1 is 0.842 bits per heavy atom. The third-order valence-corrected chi connectivity index (χ3v) is 3.45. The lowest BCUT2D eigenvalue weighted by Crippen LogP contribution is -2.37. The number of carbonyl (C=O) groups excluding carboxylic acids is 1. The second-order valence-corrected chi connectivity index (χ2v) is 5.41. The number of unbranched alkanes of at least 4 members (excludes halogenated alkanes) is 9. The molecule has 0 aromatic heterocycles. The number of carbonyl (C=O) groups is 1. The van der Waals surface area contributed by atoms with E-state index in [0.29, 0.717) is 5.06 Å². The second-order valence-electron chi connectivity index (χ2n) is 5.41. The number of nitrogens with zero attached hydrogens (tertiary/aromatic N) is 2. The molecule has 0 atom stereocenters. The van der Waals surface area contributed by atoms with Crippen LogP contribution < -0.4 is 0 Å². The molecule has 0 aromatic carbocycles. The van der Waals surface area contributed by atoms with Crippen molar-refractivity contribution in [2.45, 2.75) is 71.1 Å². The summed E-state index contributed by atoms with van der Waals surface area (Å²) in [5.74, 6) is 0. The summed E-state index contributed by atoms with van der Waals surface area (Å²) < 4.78 is 0. The van der Waals surface area contributed by atoms with Crippen LogP contribution in [0, 0.1) is 0 Å². The van der Waals surface area contributed by atoms with Crippen LogP contribution >= 0.6 is 0 Å². The molecule has 0 aliphatic rings. The van der Waals surface area contributed by atoms with Crippen LogP contribution in [0.2, 0.25) is 0 Å². The van der Waals surface area contributed by atoms with Crippen LogP contribution in [0.5, 0.6) is 0 Å². The molecule has 0 spiro atoms. The van der Waals surface area contributed by atoms with Crippen LogP contribution in [-0.2, 0) is 0 Å². The Hall–Kier alpha value is -0.770. The van der Waals surface area contributed by atoms with Gasteiger partial charge in [-0.3, -0.25) is 5.21 Å². The minimum absolute atomic E-state index is 0.337. The third-order valence-electron chi connectivity index (χ3n) is 3.45. The number of rotatable bonds is 11. The zero-order valence-electron chi connectivity index (χ0n) is 13.0. The average Bonchev–Trinajstić information content (AvgIpc) is 2.39. The van der Waals surface area contributed by atoms with E-state index < -0.39 is 0 Å². The Morgan fingerprint density at radius 3 is 1.68 bits per heavy atom. The van der Waals surface area contributed by atoms with Gasteiger partial charge in [-0.25, -0.2) is 9.86 Å². The lowest BCUT2D eigenvalue weighted by molar-refractivity contribution is -0.0311. The normalized spacial score (nSPS) is 10.5. The first-order chi connectivity index (χ1) is 9.09. The quantitative estimate of drug-likeness (QED) is 0.346. The van der Waals surface area contributed by atoms with Crippen molar-refractivity contribution in [2.75, 3.05) is 20.6 Å². The van der Waals surface area contributed by atoms with Crippen molar-refractivity contribution in [3.63, 3.8) is 0 Å². The Labute approximate surface area is 118 Å². The molecule has 0 heterocycles. The summed E-state index contributed by atoms with van der Waals surface area (Å²) in [4.78, 5) is 12.9. The Kier molecular flexibility index (Phi) is 11.8. The van der Waals surface area contributed by atoms with Crippen molar-refractivity contribution in [1.29, 1.82) is 0 Å². The highest BCUT2D eigenvalue weighted by atomic mass is 16.5. The number of hydrogen-bond donors (Lipinski definition) is 1. The van der Waals surface area contributed by atoms with Crippen LogP contribution in [0.4, 0.5) is 4.79 Å². The molecule has 2 amide bonds. The van der Waals surface area contributed by atoms with Gasteiger partial charge in [-0.1, -0.05) is 64.7 Å². The molecule has 0 saturated carbocycles. The van der Waals surface area contributed by atoms with Crippen molar-refractivity contribution >= 4 is 6.03 Å². The van der Waals surface area contributed by atoms with Crippen LogP contribution in [0.15, 0.2) is 0 Å². The van der Waals surface area contributed by atoms with Crippen molar-refractivity contribution in [3.05, 3.63) is 0 Å². The van der Waals surface area contributed by atoms with E-state index in [-0.39, 0.29) is 6.03 Å². The molecule has 0 saturated heterocycles. The van der Waals surface area contributed by atoms with Crippen molar-refractivity contribution in [1.82, 2.24) is 9.96 Å². The molecule has 19 heavy (non-hydrogen) atoms. The van der Waals surface area contributed by atoms with Gasteiger partial charge in [0.2, 0.25) is 0 Å². The van der Waals surface area contributed by atoms with Crippen LogP contribution in [0.3, 0.4) is 0 Å². The van der Waals surface area contributed by atoms with Gasteiger partial charge in [0.15, 0.2) is 0 Å². The highest BCUT2D eigenvalue weighted by Crippen LogP contribution is 2.10. The molecule has 4 nitrogen and oxygen atoms in total. The molecular weight excluding hydrogens is 240 g/mol. The van der Waals surface area contributed by atoms with Gasteiger partial charge in [0.1, 0.15) is 0 Å². The van der Waals surface area contributed by atoms with Gasteiger partial charge in [0.25, 0.3) is 0 Å². The summed E-state index contributed by atoms with van der Waals surface area (Å²) in [5, 5.41) is 9.63. The molecular formula is C15H32N2O2. The fourth-order valence-corrected chi connectivity index (χ4v) is 2.18. The van der Waals surface area contributed by atoms with Crippen molar-refractivity contribution < 1.29 is 10.0 Å². The summed E-state index contributed by atoms with van der Waals surface area (Å²) in [6, 6.07) is -0.337. The fourth-order valence-electron chi connectivity index (χ4n) is 2.18. The van der Waals surface area contributed by atoms with Crippen LogP contribution in [-0.4, -0.2) is 41.8 Å². The summed E-state index contributed by atoms with van der Waals surface area (Å²) in [6.45, 7) is 2.97. The molecule has 0 aliphatic carbocycles. The van der Waals surface area contributed by atoms with E-state index in [9.17, 15) is 4.79 Å². The molecule has 0 unspecified atom stereocenters. The summed E-state index contributed by atoms with van der Waals surface area (Å²) in [7, 11) is 3.08. The predicted octanol–water partition coefficient (Wildman–Crippen LogP) is 4.28. The topological polar surface area (TPSA) is 43.8 Å². The Bertz CT molecular complexity index is 220. The maximum Gasteiger partial charge on any atom is 0.343 e. The number of hydroxylamine groups is 2. The summed E-state index contributed by atoms with van der Waals surface area (Å²) >= 11 is 0. The van der Waals surface area contributed by atoms with Gasteiger partial charge in [-0.2, -0.15) is 0 Å². The largest absolute Gasteiger partial charge is 0.343 e. The first-order valence-electron chi connectivity index (χ1n) is 7.77. The minimum Gasteiger partial charge on any atom is -0.326 e. The molecule has 114 valence electrons. The summed E-state index contributed by atoms with van der Waals surface area (Å²) in [6.07, 6.45) is 12.9. The lowest BCUT2D eigenvalue weighted by Gasteiger charge is -2.20. The van der Waals surface area contributed by atoms with E-state index in [0.717, 1.165) is 13.0 Å². The third kappa shape index (κ3) is 10.8. The smallest absolute Gasteiger partial charge is 0.326 e. The van der Waals surface area contributed by atoms with Gasteiger partial charge in [-0.15, -0.1) is 0 Å². The van der Waals surface area contributed by atoms with Gasteiger partial charge in [0, 0.05) is 20.6 Å². The molecule has 4 heteroatoms. The van der Waals surface area contributed by atoms with Gasteiger partial charge < -0.3 is 4.90 Å². The zero-order valence-corrected chi connectivity index (χ0v) is 13.0. The van der Waals surface area contributed by atoms with Crippen LogP contribution in [0.25, 0.3) is 0 Å². The van der Waals surface area contributed by atoms with Gasteiger partial charge >= 0.3 is 6.03 Å². The van der Waals surface area contributed by atoms with E-state index in [1.54, 1.807) is 11.9 Å². The maximum atomic E-state index is 11.3. The predicted molar refractivity (Wildman–Crippen MR) is 79.4 cm³/mol. The lowest BCUT2D eigenvalue weighted by atomic mass is 10.1. The molecule has 0 bridgehead atoms. The molecule has 0 radical (unpaired) electrons. The average molecular weight is 272 g/mol. The maximum absolute atomic E-state index is 11.3. The highest BCUT2D eigenvalue weighted by molar-refractivity contribution is 5.72. The summed E-state index contributed by atoms with van der Waals surface area (Å²) in [5.41, 5.74) is 0. The van der Waals surface area contributed by atoms with E-state index in [2.05, 4.69) is 6.92 Å². The van der Waals surface area contributed by atoms with Gasteiger partial charge in [-0.05, 0) is 6.42 Å². The SMILES string of the molecule is CCCCCCCCCCCCN(C)C(=O)N(C)O. The zero-order chi connectivity index (χ0) is 14.5. The van der Waals surface area contributed by atoms with E-state index in [4.69, 9.17) is 5.21 Å². The number of urea groups is 1. The first kappa shape index (κ1) is 18.2. The van der Waals surface area contributed by atoms with Crippen molar-refractivity contribution in [3.8, 4) is 0 Å². The second kappa shape index (κ2) is 12.3. The van der Waals surface area contributed by atoms with E-state index in [1.165, 1.54) is 64.8 Å². The monoisotopic (exact) mass is 272 g/mol. The van der Waals surface area contributed by atoms with E-state index in [1.807, 2.05) is 0 Å². The highest BCUT2D eigenvalue weighted by Gasteiger charge is 2.10. The Morgan fingerprint density at radius 2 is 1.26 bits per heavy atom. The fraction of sp³-hybridized carbons (Fsp3) is 0.933. The number of amides is 2. The molecule has 0 rings (SSSR count). The van der Waals surface area contributed by atoms with Crippen LogP contribution in [0.1, 0.15) is 71.1 Å². The van der Waals surface area contributed by atoms with E-state index >= 15 is 0 Å². The first-order valence-corrected chi connectivity index (χ1v) is 7.77.